The van der Waals surface area contributed by atoms with E-state index in [0.29, 0.717) is 5.92 Å². The van der Waals surface area contributed by atoms with Crippen molar-refractivity contribution in [3.63, 3.8) is 0 Å². The van der Waals surface area contributed by atoms with Gasteiger partial charge in [0, 0.05) is 12.0 Å². The molecule has 2 fully saturated rings. The first-order valence-corrected chi connectivity index (χ1v) is 6.10. The van der Waals surface area contributed by atoms with Gasteiger partial charge < -0.3 is 10.6 Å². The fourth-order valence-corrected chi connectivity index (χ4v) is 2.24. The van der Waals surface area contributed by atoms with Crippen molar-refractivity contribution in [2.24, 2.45) is 11.3 Å². The van der Waals surface area contributed by atoms with Crippen molar-refractivity contribution in [1.29, 1.82) is 0 Å². The van der Waals surface area contributed by atoms with Crippen molar-refractivity contribution in [3.8, 4) is 0 Å². The van der Waals surface area contributed by atoms with Crippen LogP contribution in [0.5, 0.6) is 0 Å². The minimum absolute atomic E-state index is 0.0250. The standard InChI is InChI=1S/C12H20N2O2/c1-12(2,8-5-6-8)11(16)14-9-4-3-7-13-10(9)15/h8-9H,3-7H2,1-2H3,(H,13,15)(H,14,16)/t9-/m0/s1. The molecule has 1 aliphatic heterocycles. The summed E-state index contributed by atoms with van der Waals surface area (Å²) in [6.07, 6.45) is 3.98. The van der Waals surface area contributed by atoms with Crippen LogP contribution in [0.3, 0.4) is 0 Å². The van der Waals surface area contributed by atoms with Crippen LogP contribution in [-0.4, -0.2) is 24.4 Å². The van der Waals surface area contributed by atoms with Crippen molar-refractivity contribution in [2.75, 3.05) is 6.54 Å². The Morgan fingerprint density at radius 1 is 1.38 bits per heavy atom. The van der Waals surface area contributed by atoms with Gasteiger partial charge in [0.05, 0.1) is 0 Å². The molecule has 4 nitrogen and oxygen atoms in total. The highest BCUT2D eigenvalue weighted by Gasteiger charge is 2.44. The van der Waals surface area contributed by atoms with Gasteiger partial charge in [-0.15, -0.1) is 0 Å². The molecule has 2 aliphatic rings. The maximum atomic E-state index is 12.1. The number of piperidine rings is 1. The summed E-state index contributed by atoms with van der Waals surface area (Å²) in [7, 11) is 0. The van der Waals surface area contributed by atoms with Crippen LogP contribution in [0.2, 0.25) is 0 Å². The van der Waals surface area contributed by atoms with Crippen LogP contribution < -0.4 is 10.6 Å². The van der Waals surface area contributed by atoms with Crippen LogP contribution in [0.1, 0.15) is 39.5 Å². The SMILES string of the molecule is CC(C)(C(=O)N[C@H]1CCCNC1=O)C1CC1. The van der Waals surface area contributed by atoms with E-state index in [-0.39, 0.29) is 23.3 Å². The molecule has 1 saturated heterocycles. The minimum atomic E-state index is -0.322. The lowest BCUT2D eigenvalue weighted by Crippen LogP contribution is -2.53. The summed E-state index contributed by atoms with van der Waals surface area (Å²) < 4.78 is 0. The highest BCUT2D eigenvalue weighted by Crippen LogP contribution is 2.45. The minimum Gasteiger partial charge on any atom is -0.354 e. The van der Waals surface area contributed by atoms with Gasteiger partial charge in [0.25, 0.3) is 0 Å². The molecule has 0 spiro atoms. The van der Waals surface area contributed by atoms with E-state index in [2.05, 4.69) is 10.6 Å². The van der Waals surface area contributed by atoms with Crippen molar-refractivity contribution in [1.82, 2.24) is 10.6 Å². The molecule has 90 valence electrons. The number of nitrogens with one attached hydrogen (secondary N) is 2. The molecule has 0 radical (unpaired) electrons. The first kappa shape index (κ1) is 11.4. The lowest BCUT2D eigenvalue weighted by Gasteiger charge is -2.28. The van der Waals surface area contributed by atoms with Gasteiger partial charge in [-0.05, 0) is 31.6 Å². The van der Waals surface area contributed by atoms with Crippen molar-refractivity contribution in [3.05, 3.63) is 0 Å². The molecule has 0 bridgehead atoms. The fraction of sp³-hybridized carbons (Fsp3) is 0.833. The molecule has 0 aromatic carbocycles. The van der Waals surface area contributed by atoms with E-state index < -0.39 is 0 Å². The molecular weight excluding hydrogens is 204 g/mol. The number of carbonyl (C=O) groups is 2. The van der Waals surface area contributed by atoms with Gasteiger partial charge in [-0.25, -0.2) is 0 Å². The van der Waals surface area contributed by atoms with Crippen molar-refractivity contribution >= 4 is 11.8 Å². The van der Waals surface area contributed by atoms with Gasteiger partial charge in [0.15, 0.2) is 0 Å². The van der Waals surface area contributed by atoms with Gasteiger partial charge >= 0.3 is 0 Å². The zero-order valence-electron chi connectivity index (χ0n) is 10.0. The lowest BCUT2D eigenvalue weighted by molar-refractivity contribution is -0.135. The largest absolute Gasteiger partial charge is 0.354 e. The number of hydrogen-bond donors (Lipinski definition) is 2. The molecular formula is C12H20N2O2. The van der Waals surface area contributed by atoms with Gasteiger partial charge in [0.1, 0.15) is 6.04 Å². The van der Waals surface area contributed by atoms with Crippen molar-refractivity contribution in [2.45, 2.75) is 45.6 Å². The Hall–Kier alpha value is -1.06. The van der Waals surface area contributed by atoms with E-state index in [0.717, 1.165) is 32.2 Å². The molecule has 2 rings (SSSR count). The molecule has 16 heavy (non-hydrogen) atoms. The summed E-state index contributed by atoms with van der Waals surface area (Å²) >= 11 is 0. The fourth-order valence-electron chi connectivity index (χ4n) is 2.24. The van der Waals surface area contributed by atoms with Crippen LogP contribution in [0.25, 0.3) is 0 Å². The third-order valence-corrected chi connectivity index (χ3v) is 3.77. The van der Waals surface area contributed by atoms with E-state index >= 15 is 0 Å². The van der Waals surface area contributed by atoms with Gasteiger partial charge in [-0.3, -0.25) is 9.59 Å². The Morgan fingerprint density at radius 2 is 2.06 bits per heavy atom. The Labute approximate surface area is 96.2 Å². The van der Waals surface area contributed by atoms with Crippen molar-refractivity contribution < 1.29 is 9.59 Å². The molecule has 4 heteroatoms. The third-order valence-electron chi connectivity index (χ3n) is 3.77. The van der Waals surface area contributed by atoms with E-state index in [1.54, 1.807) is 0 Å². The van der Waals surface area contributed by atoms with E-state index in [4.69, 9.17) is 0 Å². The molecule has 0 aromatic heterocycles. The zero-order valence-corrected chi connectivity index (χ0v) is 10.0. The van der Waals surface area contributed by atoms with E-state index in [9.17, 15) is 9.59 Å². The highest BCUT2D eigenvalue weighted by atomic mass is 16.2. The van der Waals surface area contributed by atoms with E-state index in [1.807, 2.05) is 13.8 Å². The number of amides is 2. The van der Waals surface area contributed by atoms with Crippen LogP contribution >= 0.6 is 0 Å². The maximum absolute atomic E-state index is 12.1. The predicted octanol–water partition coefficient (Wildman–Crippen LogP) is 0.817. The first-order valence-electron chi connectivity index (χ1n) is 6.10. The molecule has 1 aliphatic carbocycles. The quantitative estimate of drug-likeness (QED) is 0.745. The van der Waals surface area contributed by atoms with Gasteiger partial charge in [0.2, 0.25) is 11.8 Å². The lowest BCUT2D eigenvalue weighted by atomic mass is 9.86. The average molecular weight is 224 g/mol. The number of hydrogen-bond acceptors (Lipinski definition) is 2. The smallest absolute Gasteiger partial charge is 0.242 e. The average Bonchev–Trinajstić information content (AvgIpc) is 3.04. The summed E-state index contributed by atoms with van der Waals surface area (Å²) in [5.74, 6) is 0.488. The van der Waals surface area contributed by atoms with Crippen LogP contribution in [0, 0.1) is 11.3 Å². The Bertz CT molecular complexity index is 308. The second-order valence-electron chi connectivity index (χ2n) is 5.46. The molecule has 1 saturated carbocycles. The number of rotatable bonds is 3. The summed E-state index contributed by atoms with van der Waals surface area (Å²) in [4.78, 5) is 23.6. The zero-order chi connectivity index (χ0) is 11.8. The summed E-state index contributed by atoms with van der Waals surface area (Å²) in [6.45, 7) is 4.68. The first-order chi connectivity index (χ1) is 7.51. The maximum Gasteiger partial charge on any atom is 0.242 e. The van der Waals surface area contributed by atoms with Crippen LogP contribution in [-0.2, 0) is 9.59 Å². The second-order valence-corrected chi connectivity index (χ2v) is 5.46. The molecule has 1 heterocycles. The van der Waals surface area contributed by atoms with Crippen LogP contribution in [0.4, 0.5) is 0 Å². The Morgan fingerprint density at radius 3 is 2.62 bits per heavy atom. The van der Waals surface area contributed by atoms with Gasteiger partial charge in [-0.2, -0.15) is 0 Å². The molecule has 0 unspecified atom stereocenters. The highest BCUT2D eigenvalue weighted by molar-refractivity contribution is 5.90. The monoisotopic (exact) mass is 224 g/mol. The topological polar surface area (TPSA) is 58.2 Å². The summed E-state index contributed by atoms with van der Waals surface area (Å²) in [5.41, 5.74) is -0.322. The Balaban J connectivity index is 1.93. The third kappa shape index (κ3) is 2.20. The molecule has 2 N–H and O–H groups in total. The Kier molecular flexibility index (Phi) is 2.91. The molecule has 1 atom stereocenters. The van der Waals surface area contributed by atoms with Crippen LogP contribution in [0.15, 0.2) is 0 Å². The van der Waals surface area contributed by atoms with E-state index in [1.165, 1.54) is 0 Å². The predicted molar refractivity (Wildman–Crippen MR) is 60.7 cm³/mol. The molecule has 2 amide bonds. The normalized spacial score (nSPS) is 26.1. The van der Waals surface area contributed by atoms with Gasteiger partial charge in [-0.1, -0.05) is 13.8 Å². The second kappa shape index (κ2) is 4.07. The summed E-state index contributed by atoms with van der Waals surface area (Å²) in [5, 5.41) is 5.66. The summed E-state index contributed by atoms with van der Waals surface area (Å²) in [6, 6.07) is -0.320. The number of carbonyl (C=O) groups excluding carboxylic acids is 2. The molecule has 0 aromatic rings.